The highest BCUT2D eigenvalue weighted by atomic mass is 35.5. The fourth-order valence-corrected chi connectivity index (χ4v) is 1.35. The van der Waals surface area contributed by atoms with Crippen molar-refractivity contribution in [3.63, 3.8) is 0 Å². The average molecular weight is 252 g/mol. The highest BCUT2D eigenvalue weighted by molar-refractivity contribution is 6.34. The maximum absolute atomic E-state index is 12.4. The van der Waals surface area contributed by atoms with E-state index in [-0.39, 0.29) is 6.61 Å². The molecule has 0 amide bonds. The highest BCUT2D eigenvalue weighted by Gasteiger charge is 2.24. The number of carbonyl (C=O) groups excluding carboxylic acids is 1. The summed E-state index contributed by atoms with van der Waals surface area (Å²) in [4.78, 5) is 14.6. The Kier molecular flexibility index (Phi) is 4.00. The number of aromatic nitrogens is 1. The lowest BCUT2D eigenvalue weighted by Gasteiger charge is -2.09. The second-order valence-corrected chi connectivity index (χ2v) is 3.12. The summed E-state index contributed by atoms with van der Waals surface area (Å²) >= 11 is 5.54. The van der Waals surface area contributed by atoms with Crippen molar-refractivity contribution >= 4 is 17.6 Å². The van der Waals surface area contributed by atoms with Gasteiger partial charge in [0.15, 0.2) is 0 Å². The smallest absolute Gasteiger partial charge is 0.343 e. The molecule has 0 atom stereocenters. The molecule has 0 fully saturated rings. The summed E-state index contributed by atoms with van der Waals surface area (Å²) in [5, 5.41) is 8.71. The molecule has 16 heavy (non-hydrogen) atoms. The molecule has 0 aromatic carbocycles. The monoisotopic (exact) mass is 251 g/mol. The number of hydrogen-bond acceptors (Lipinski definition) is 4. The van der Waals surface area contributed by atoms with E-state index in [1.807, 2.05) is 0 Å². The van der Waals surface area contributed by atoms with Crippen LogP contribution in [-0.4, -0.2) is 22.7 Å². The summed E-state index contributed by atoms with van der Waals surface area (Å²) in [6, 6.07) is 0. The molecule has 0 aliphatic carbocycles. The van der Waals surface area contributed by atoms with E-state index in [1.54, 1.807) is 0 Å². The quantitative estimate of drug-likeness (QED) is 0.839. The molecule has 1 rings (SSSR count). The SMILES string of the molecule is CCOC(=O)c1c(O)cnc(C(F)F)c1Cl. The van der Waals surface area contributed by atoms with E-state index in [0.29, 0.717) is 0 Å². The highest BCUT2D eigenvalue weighted by Crippen LogP contribution is 2.32. The third kappa shape index (κ3) is 2.38. The molecular formula is C9H8ClF2NO3. The molecule has 0 aliphatic heterocycles. The van der Waals surface area contributed by atoms with Crippen LogP contribution in [0.15, 0.2) is 6.20 Å². The number of carbonyl (C=O) groups is 1. The Hall–Kier alpha value is -1.43. The Morgan fingerprint density at radius 1 is 1.69 bits per heavy atom. The van der Waals surface area contributed by atoms with Crippen LogP contribution >= 0.6 is 11.6 Å². The van der Waals surface area contributed by atoms with E-state index >= 15 is 0 Å². The summed E-state index contributed by atoms with van der Waals surface area (Å²) in [5.41, 5.74) is -1.25. The molecule has 1 aromatic rings. The van der Waals surface area contributed by atoms with Crippen molar-refractivity contribution in [2.24, 2.45) is 0 Å². The van der Waals surface area contributed by atoms with E-state index in [2.05, 4.69) is 9.72 Å². The number of aromatic hydroxyl groups is 1. The van der Waals surface area contributed by atoms with Crippen LogP contribution in [0.25, 0.3) is 0 Å². The predicted octanol–water partition coefficient (Wildman–Crippen LogP) is 2.55. The van der Waals surface area contributed by atoms with Crippen LogP contribution in [0.3, 0.4) is 0 Å². The third-order valence-electron chi connectivity index (χ3n) is 1.71. The summed E-state index contributed by atoms with van der Waals surface area (Å²) in [6.45, 7) is 1.58. The van der Waals surface area contributed by atoms with Gasteiger partial charge in [-0.3, -0.25) is 0 Å². The van der Waals surface area contributed by atoms with Crippen LogP contribution in [0.5, 0.6) is 5.75 Å². The molecule has 0 radical (unpaired) electrons. The van der Waals surface area contributed by atoms with Gasteiger partial charge in [-0.15, -0.1) is 0 Å². The van der Waals surface area contributed by atoms with E-state index in [0.717, 1.165) is 6.20 Å². The molecule has 0 bridgehead atoms. The summed E-state index contributed by atoms with van der Waals surface area (Å²) in [5.74, 6) is -1.55. The molecule has 1 aromatic heterocycles. The standard InChI is InChI=1S/C9H8ClF2NO3/c1-2-16-9(15)5-4(14)3-13-7(6(5)10)8(11)12/h3,8,14H,2H2,1H3. The minimum Gasteiger partial charge on any atom is -0.505 e. The molecule has 0 unspecified atom stereocenters. The minimum atomic E-state index is -2.93. The van der Waals surface area contributed by atoms with Gasteiger partial charge in [0, 0.05) is 0 Å². The van der Waals surface area contributed by atoms with Gasteiger partial charge < -0.3 is 9.84 Å². The first-order chi connectivity index (χ1) is 7.49. The van der Waals surface area contributed by atoms with Crippen LogP contribution in [0.2, 0.25) is 5.02 Å². The van der Waals surface area contributed by atoms with Crippen molar-refractivity contribution in [2.75, 3.05) is 6.61 Å². The van der Waals surface area contributed by atoms with Gasteiger partial charge in [0.2, 0.25) is 0 Å². The van der Waals surface area contributed by atoms with Gasteiger partial charge >= 0.3 is 5.97 Å². The van der Waals surface area contributed by atoms with Crippen LogP contribution < -0.4 is 0 Å². The number of alkyl halides is 2. The van der Waals surface area contributed by atoms with Crippen LogP contribution in [0.1, 0.15) is 29.4 Å². The van der Waals surface area contributed by atoms with E-state index < -0.39 is 34.4 Å². The van der Waals surface area contributed by atoms with Crippen molar-refractivity contribution < 1.29 is 23.4 Å². The van der Waals surface area contributed by atoms with E-state index in [4.69, 9.17) is 11.6 Å². The molecule has 0 saturated carbocycles. The summed E-state index contributed by atoms with van der Waals surface area (Å²) in [7, 11) is 0. The number of pyridine rings is 1. The van der Waals surface area contributed by atoms with Gasteiger partial charge in [0.1, 0.15) is 17.0 Å². The molecule has 88 valence electrons. The van der Waals surface area contributed by atoms with Gasteiger partial charge in [-0.1, -0.05) is 11.6 Å². The Balaban J connectivity index is 3.26. The van der Waals surface area contributed by atoms with Gasteiger partial charge in [0.05, 0.1) is 17.8 Å². The van der Waals surface area contributed by atoms with E-state index in [9.17, 15) is 18.7 Å². The molecule has 0 aliphatic rings. The molecule has 0 saturated heterocycles. The summed E-state index contributed by atoms with van der Waals surface area (Å²) in [6.07, 6.45) is -2.19. The van der Waals surface area contributed by atoms with Crippen LogP contribution in [-0.2, 0) is 4.74 Å². The number of rotatable bonds is 3. The van der Waals surface area contributed by atoms with Crippen molar-refractivity contribution in [1.29, 1.82) is 0 Å². The van der Waals surface area contributed by atoms with Gasteiger partial charge in [-0.05, 0) is 6.92 Å². The number of esters is 1. The van der Waals surface area contributed by atoms with Crippen LogP contribution in [0, 0.1) is 0 Å². The molecule has 0 spiro atoms. The van der Waals surface area contributed by atoms with E-state index in [1.165, 1.54) is 6.92 Å². The third-order valence-corrected chi connectivity index (χ3v) is 2.10. The maximum atomic E-state index is 12.4. The first kappa shape index (κ1) is 12.6. The number of hydrogen-bond donors (Lipinski definition) is 1. The topological polar surface area (TPSA) is 59.4 Å². The average Bonchev–Trinajstić information content (AvgIpc) is 2.17. The lowest BCUT2D eigenvalue weighted by atomic mass is 10.2. The Morgan fingerprint density at radius 2 is 2.31 bits per heavy atom. The first-order valence-electron chi connectivity index (χ1n) is 4.31. The number of nitrogens with zero attached hydrogens (tertiary/aromatic N) is 1. The molecule has 1 heterocycles. The Bertz CT molecular complexity index is 412. The zero-order valence-corrected chi connectivity index (χ0v) is 8.96. The normalized spacial score (nSPS) is 10.6. The first-order valence-corrected chi connectivity index (χ1v) is 4.69. The Labute approximate surface area is 94.8 Å². The molecular weight excluding hydrogens is 244 g/mol. The second kappa shape index (κ2) is 5.07. The van der Waals surface area contributed by atoms with Crippen molar-refractivity contribution in [2.45, 2.75) is 13.3 Å². The largest absolute Gasteiger partial charge is 0.505 e. The van der Waals surface area contributed by atoms with Crippen LogP contribution in [0.4, 0.5) is 8.78 Å². The van der Waals surface area contributed by atoms with Gasteiger partial charge in [-0.25, -0.2) is 18.6 Å². The second-order valence-electron chi connectivity index (χ2n) is 2.74. The molecule has 1 N–H and O–H groups in total. The lowest BCUT2D eigenvalue weighted by molar-refractivity contribution is 0.0522. The fraction of sp³-hybridized carbons (Fsp3) is 0.333. The van der Waals surface area contributed by atoms with Gasteiger partial charge in [0.25, 0.3) is 6.43 Å². The lowest BCUT2D eigenvalue weighted by Crippen LogP contribution is -2.08. The number of ether oxygens (including phenoxy) is 1. The zero-order valence-electron chi connectivity index (χ0n) is 8.21. The van der Waals surface area contributed by atoms with Crippen molar-refractivity contribution in [1.82, 2.24) is 4.98 Å². The van der Waals surface area contributed by atoms with Gasteiger partial charge in [-0.2, -0.15) is 0 Å². The molecule has 7 heteroatoms. The Morgan fingerprint density at radius 3 is 2.81 bits per heavy atom. The van der Waals surface area contributed by atoms with Crippen molar-refractivity contribution in [3.8, 4) is 5.75 Å². The zero-order chi connectivity index (χ0) is 12.3. The minimum absolute atomic E-state index is 0.0426. The fourth-order valence-electron chi connectivity index (χ4n) is 1.04. The summed E-state index contributed by atoms with van der Waals surface area (Å²) < 4.78 is 29.4. The molecule has 4 nitrogen and oxygen atoms in total. The predicted molar refractivity (Wildman–Crippen MR) is 51.8 cm³/mol. The maximum Gasteiger partial charge on any atom is 0.343 e. The number of halogens is 3. The van der Waals surface area contributed by atoms with Crippen molar-refractivity contribution in [3.05, 3.63) is 22.5 Å².